The van der Waals surface area contributed by atoms with E-state index in [1.165, 1.54) is 31.4 Å². The van der Waals surface area contributed by atoms with E-state index < -0.39 is 0 Å². The van der Waals surface area contributed by atoms with Gasteiger partial charge in [-0.05, 0) is 19.8 Å². The van der Waals surface area contributed by atoms with Crippen LogP contribution < -0.4 is 5.73 Å². The summed E-state index contributed by atoms with van der Waals surface area (Å²) in [7, 11) is 0. The van der Waals surface area contributed by atoms with Crippen LogP contribution in [0.15, 0.2) is 5.38 Å². The van der Waals surface area contributed by atoms with Crippen LogP contribution in [0.1, 0.15) is 56.3 Å². The van der Waals surface area contributed by atoms with Gasteiger partial charge >= 0.3 is 0 Å². The highest BCUT2D eigenvalue weighted by atomic mass is 32.1. The van der Waals surface area contributed by atoms with E-state index >= 15 is 0 Å². The molecule has 1 unspecified atom stereocenters. The summed E-state index contributed by atoms with van der Waals surface area (Å²) in [5, 5.41) is 3.21. The van der Waals surface area contributed by atoms with Crippen molar-refractivity contribution < 1.29 is 0 Å². The molecule has 0 radical (unpaired) electrons. The van der Waals surface area contributed by atoms with Gasteiger partial charge in [0.25, 0.3) is 0 Å². The van der Waals surface area contributed by atoms with Crippen LogP contribution in [0, 0.1) is 0 Å². The van der Waals surface area contributed by atoms with Crippen molar-refractivity contribution in [1.82, 2.24) is 4.98 Å². The zero-order chi connectivity index (χ0) is 10.4. The smallest absolute Gasteiger partial charge is 0.109 e. The molecule has 0 aliphatic rings. The van der Waals surface area contributed by atoms with Crippen molar-refractivity contribution in [2.24, 2.45) is 5.73 Å². The average molecular weight is 212 g/mol. The fraction of sp³-hybridized carbons (Fsp3) is 0.727. The molecule has 80 valence electrons. The van der Waals surface area contributed by atoms with Crippen LogP contribution in [0.5, 0.6) is 0 Å². The first-order valence-corrected chi connectivity index (χ1v) is 6.32. The third-order valence-corrected chi connectivity index (χ3v) is 3.34. The molecular formula is C11H20N2S. The maximum absolute atomic E-state index is 5.75. The van der Waals surface area contributed by atoms with E-state index in [1.54, 1.807) is 11.3 Å². The lowest BCUT2D eigenvalue weighted by Crippen LogP contribution is -2.04. The van der Waals surface area contributed by atoms with E-state index in [9.17, 15) is 0 Å². The van der Waals surface area contributed by atoms with Crippen molar-refractivity contribution in [1.29, 1.82) is 0 Å². The molecule has 1 atom stereocenters. The summed E-state index contributed by atoms with van der Waals surface area (Å²) < 4.78 is 0. The Morgan fingerprint density at radius 3 is 2.79 bits per heavy atom. The summed E-state index contributed by atoms with van der Waals surface area (Å²) in [4.78, 5) is 4.50. The van der Waals surface area contributed by atoms with Gasteiger partial charge in [-0.3, -0.25) is 0 Å². The quantitative estimate of drug-likeness (QED) is 0.735. The number of unbranched alkanes of at least 4 members (excludes halogenated alkanes) is 3. The normalized spacial score (nSPS) is 13.1. The van der Waals surface area contributed by atoms with Crippen LogP contribution in [0.2, 0.25) is 0 Å². The Labute approximate surface area is 90.6 Å². The van der Waals surface area contributed by atoms with Crippen molar-refractivity contribution in [2.75, 3.05) is 0 Å². The number of aryl methyl sites for hydroxylation is 1. The van der Waals surface area contributed by atoms with Crippen LogP contribution in [0.4, 0.5) is 0 Å². The average Bonchev–Trinajstić information content (AvgIpc) is 2.61. The minimum Gasteiger partial charge on any atom is -0.322 e. The van der Waals surface area contributed by atoms with Gasteiger partial charge in [0.2, 0.25) is 0 Å². The largest absolute Gasteiger partial charge is 0.322 e. The second-order valence-electron chi connectivity index (χ2n) is 3.78. The SMILES string of the molecule is CCCCCCc1csc(C(C)N)n1. The summed E-state index contributed by atoms with van der Waals surface area (Å²) in [6.45, 7) is 4.22. The van der Waals surface area contributed by atoms with Crippen molar-refractivity contribution in [3.05, 3.63) is 16.1 Å². The number of nitrogens with two attached hydrogens (primary N) is 1. The van der Waals surface area contributed by atoms with E-state index in [1.807, 2.05) is 6.92 Å². The molecule has 3 heteroatoms. The zero-order valence-corrected chi connectivity index (χ0v) is 9.94. The number of aromatic nitrogens is 1. The van der Waals surface area contributed by atoms with Gasteiger partial charge in [0.1, 0.15) is 5.01 Å². The first kappa shape index (κ1) is 11.7. The maximum Gasteiger partial charge on any atom is 0.109 e. The molecule has 0 spiro atoms. The molecule has 0 aromatic carbocycles. The van der Waals surface area contributed by atoms with E-state index in [0.29, 0.717) is 0 Å². The van der Waals surface area contributed by atoms with E-state index in [-0.39, 0.29) is 6.04 Å². The van der Waals surface area contributed by atoms with Crippen molar-refractivity contribution in [2.45, 2.75) is 52.0 Å². The van der Waals surface area contributed by atoms with Crippen LogP contribution in [0.3, 0.4) is 0 Å². The Morgan fingerprint density at radius 1 is 1.43 bits per heavy atom. The summed E-state index contributed by atoms with van der Waals surface area (Å²) >= 11 is 1.69. The number of nitrogens with zero attached hydrogens (tertiary/aromatic N) is 1. The molecule has 2 nitrogen and oxygen atoms in total. The van der Waals surface area contributed by atoms with Gasteiger partial charge in [0, 0.05) is 5.38 Å². The lowest BCUT2D eigenvalue weighted by molar-refractivity contribution is 0.659. The van der Waals surface area contributed by atoms with Crippen molar-refractivity contribution >= 4 is 11.3 Å². The molecule has 2 N–H and O–H groups in total. The monoisotopic (exact) mass is 212 g/mol. The highest BCUT2D eigenvalue weighted by Crippen LogP contribution is 2.17. The van der Waals surface area contributed by atoms with Gasteiger partial charge in [0.15, 0.2) is 0 Å². The molecule has 1 aromatic rings. The first-order valence-electron chi connectivity index (χ1n) is 5.44. The number of thiazole rings is 1. The Morgan fingerprint density at radius 2 is 2.21 bits per heavy atom. The number of rotatable bonds is 6. The van der Waals surface area contributed by atoms with Gasteiger partial charge in [-0.15, -0.1) is 11.3 Å². The molecule has 0 aliphatic heterocycles. The van der Waals surface area contributed by atoms with Gasteiger partial charge < -0.3 is 5.73 Å². The second-order valence-corrected chi connectivity index (χ2v) is 4.67. The minimum absolute atomic E-state index is 0.0874. The second kappa shape index (κ2) is 6.14. The molecule has 1 rings (SSSR count). The van der Waals surface area contributed by atoms with Crippen LogP contribution in [-0.2, 0) is 6.42 Å². The summed E-state index contributed by atoms with van der Waals surface area (Å²) in [5.74, 6) is 0. The molecule has 14 heavy (non-hydrogen) atoms. The fourth-order valence-electron chi connectivity index (χ4n) is 1.38. The highest BCUT2D eigenvalue weighted by Gasteiger charge is 2.05. The zero-order valence-electron chi connectivity index (χ0n) is 9.12. The summed E-state index contributed by atoms with van der Waals surface area (Å²) in [6, 6.07) is 0.0874. The van der Waals surface area contributed by atoms with Crippen molar-refractivity contribution in [3.8, 4) is 0 Å². The highest BCUT2D eigenvalue weighted by molar-refractivity contribution is 7.09. The van der Waals surface area contributed by atoms with E-state index in [4.69, 9.17) is 5.73 Å². The third-order valence-electron chi connectivity index (χ3n) is 2.25. The lowest BCUT2D eigenvalue weighted by Gasteiger charge is -1.98. The minimum atomic E-state index is 0.0874. The van der Waals surface area contributed by atoms with E-state index in [2.05, 4.69) is 17.3 Å². The van der Waals surface area contributed by atoms with E-state index in [0.717, 1.165) is 11.4 Å². The van der Waals surface area contributed by atoms with Crippen molar-refractivity contribution in [3.63, 3.8) is 0 Å². The van der Waals surface area contributed by atoms with Gasteiger partial charge in [-0.1, -0.05) is 26.2 Å². The predicted octanol–water partition coefficient (Wildman–Crippen LogP) is 3.29. The Kier molecular flexibility index (Phi) is 5.12. The molecule has 1 heterocycles. The molecule has 1 aromatic heterocycles. The fourth-order valence-corrected chi connectivity index (χ4v) is 2.19. The topological polar surface area (TPSA) is 38.9 Å². The third kappa shape index (κ3) is 3.76. The Hall–Kier alpha value is -0.410. The molecule has 0 saturated heterocycles. The predicted molar refractivity (Wildman–Crippen MR) is 62.6 cm³/mol. The molecule has 0 fully saturated rings. The molecule has 0 saturated carbocycles. The standard InChI is InChI=1S/C11H20N2S/c1-3-4-5-6-7-10-8-14-11(13-10)9(2)12/h8-9H,3-7,12H2,1-2H3. The maximum atomic E-state index is 5.75. The number of hydrogen-bond acceptors (Lipinski definition) is 3. The van der Waals surface area contributed by atoms with Crippen LogP contribution in [0.25, 0.3) is 0 Å². The lowest BCUT2D eigenvalue weighted by atomic mass is 10.1. The van der Waals surface area contributed by atoms with Gasteiger partial charge in [0.05, 0.1) is 11.7 Å². The first-order chi connectivity index (χ1) is 6.74. The Balaban J connectivity index is 2.29. The summed E-state index contributed by atoms with van der Waals surface area (Å²) in [6.07, 6.45) is 6.33. The Bertz CT molecular complexity index is 256. The van der Waals surface area contributed by atoms with Gasteiger partial charge in [-0.2, -0.15) is 0 Å². The van der Waals surface area contributed by atoms with Gasteiger partial charge in [-0.25, -0.2) is 4.98 Å². The molecular weight excluding hydrogens is 192 g/mol. The summed E-state index contributed by atoms with van der Waals surface area (Å²) in [5.41, 5.74) is 6.97. The molecule has 0 aliphatic carbocycles. The molecule has 0 amide bonds. The number of hydrogen-bond donors (Lipinski definition) is 1. The van der Waals surface area contributed by atoms with Crippen LogP contribution in [-0.4, -0.2) is 4.98 Å². The molecule has 0 bridgehead atoms. The van der Waals surface area contributed by atoms with Crippen LogP contribution >= 0.6 is 11.3 Å².